The summed E-state index contributed by atoms with van der Waals surface area (Å²) in [5.41, 5.74) is 6.26. The number of benzene rings is 4. The molecule has 0 saturated heterocycles. The molecule has 0 unspecified atom stereocenters. The number of Topliss-reactive ketones (excluding diaryl/α,β-unsaturated/α-hetero) is 1. The maximum absolute atomic E-state index is 14.5. The highest BCUT2D eigenvalue weighted by Gasteiger charge is 2.42. The van der Waals surface area contributed by atoms with Crippen molar-refractivity contribution in [3.63, 3.8) is 0 Å². The minimum atomic E-state index is -0.765. The second-order valence-electron chi connectivity index (χ2n) is 10.9. The predicted molar refractivity (Wildman–Crippen MR) is 167 cm³/mol. The number of allylic oxidation sites excluding steroid dienone is 1. The normalized spacial score (nSPS) is 17.8. The summed E-state index contributed by atoms with van der Waals surface area (Å²) < 4.78 is 17.0. The van der Waals surface area contributed by atoms with Crippen LogP contribution in [0.5, 0.6) is 17.2 Å². The van der Waals surface area contributed by atoms with E-state index in [0.29, 0.717) is 52.5 Å². The van der Waals surface area contributed by atoms with Crippen molar-refractivity contribution in [2.24, 2.45) is 0 Å². The topological polar surface area (TPSA) is 77.1 Å². The summed E-state index contributed by atoms with van der Waals surface area (Å²) in [6.07, 6.45) is 0.945. The van der Waals surface area contributed by atoms with Crippen molar-refractivity contribution >= 4 is 23.1 Å². The number of hydrogen-bond donors (Lipinski definition) is 1. The summed E-state index contributed by atoms with van der Waals surface area (Å²) >= 11 is 0. The number of carbonyl (C=O) groups excluding carboxylic acids is 2. The number of fused-ring (bicyclic) bond motifs is 1. The Kier molecular flexibility index (Phi) is 7.63. The van der Waals surface area contributed by atoms with E-state index in [4.69, 9.17) is 14.2 Å². The van der Waals surface area contributed by atoms with Gasteiger partial charge >= 0.3 is 0 Å². The van der Waals surface area contributed by atoms with Gasteiger partial charge in [0.05, 0.1) is 38.7 Å². The number of nitrogens with zero attached hydrogens (tertiary/aromatic N) is 1. The van der Waals surface area contributed by atoms with Crippen LogP contribution in [-0.4, -0.2) is 33.0 Å². The molecule has 0 radical (unpaired) electrons. The van der Waals surface area contributed by atoms with Gasteiger partial charge < -0.3 is 19.5 Å². The van der Waals surface area contributed by atoms with Crippen LogP contribution in [-0.2, 0) is 4.79 Å². The molecule has 1 heterocycles. The van der Waals surface area contributed by atoms with E-state index in [1.165, 1.54) is 5.56 Å². The first-order chi connectivity index (χ1) is 20.9. The lowest BCUT2D eigenvalue weighted by Gasteiger charge is -2.35. The third kappa shape index (κ3) is 5.12. The molecule has 1 aliphatic heterocycles. The Morgan fingerprint density at radius 3 is 2.09 bits per heavy atom. The zero-order valence-corrected chi connectivity index (χ0v) is 24.7. The van der Waals surface area contributed by atoms with Crippen LogP contribution < -0.4 is 24.4 Å². The molecule has 7 heteroatoms. The minimum Gasteiger partial charge on any atom is -0.493 e. The van der Waals surface area contributed by atoms with Crippen LogP contribution in [0, 0.1) is 6.92 Å². The van der Waals surface area contributed by atoms with Crippen molar-refractivity contribution in [2.75, 3.05) is 31.5 Å². The van der Waals surface area contributed by atoms with Gasteiger partial charge in [-0.1, -0.05) is 60.2 Å². The third-order valence-corrected chi connectivity index (χ3v) is 8.28. The smallest absolute Gasteiger partial charge is 0.259 e. The average molecular weight is 575 g/mol. The number of rotatable bonds is 6. The largest absolute Gasteiger partial charge is 0.493 e. The number of methoxy groups -OCH3 is 3. The standard InChI is InChI=1S/C36H34N2O5/c1-22-14-16-23(17-15-22)25-18-28-33(30(39)19-25)34(26-20-31(41-2)35(43-4)32(21-26)42-3)38(29-13-9-8-12-27(29)37-28)36(40)24-10-6-5-7-11-24/h5-17,20-21,25,34,37H,18-19H2,1-4H3/t25-,34+/m1/s1. The summed E-state index contributed by atoms with van der Waals surface area (Å²) in [6, 6.07) is 28.1. The monoisotopic (exact) mass is 574 g/mol. The van der Waals surface area contributed by atoms with Crippen molar-refractivity contribution in [2.45, 2.75) is 31.7 Å². The lowest BCUT2D eigenvalue weighted by molar-refractivity contribution is -0.116. The number of anilines is 2. The number of ether oxygens (including phenoxy) is 3. The number of hydrogen-bond acceptors (Lipinski definition) is 6. The Morgan fingerprint density at radius 2 is 1.44 bits per heavy atom. The fourth-order valence-corrected chi connectivity index (χ4v) is 6.18. The van der Waals surface area contributed by atoms with E-state index in [9.17, 15) is 9.59 Å². The van der Waals surface area contributed by atoms with Crippen molar-refractivity contribution in [1.82, 2.24) is 0 Å². The zero-order chi connectivity index (χ0) is 30.1. The van der Waals surface area contributed by atoms with Gasteiger partial charge in [0.25, 0.3) is 5.91 Å². The fraction of sp³-hybridized carbons (Fsp3) is 0.222. The summed E-state index contributed by atoms with van der Waals surface area (Å²) in [5, 5.41) is 3.60. The molecule has 1 N–H and O–H groups in total. The Bertz CT molecular complexity index is 1690. The molecule has 43 heavy (non-hydrogen) atoms. The predicted octanol–water partition coefficient (Wildman–Crippen LogP) is 7.24. The Labute approximate surface area is 251 Å². The molecule has 1 aliphatic carbocycles. The number of amides is 1. The summed E-state index contributed by atoms with van der Waals surface area (Å²) in [6.45, 7) is 2.06. The molecule has 0 fully saturated rings. The third-order valence-electron chi connectivity index (χ3n) is 8.28. The van der Waals surface area contributed by atoms with Crippen molar-refractivity contribution in [3.8, 4) is 17.2 Å². The highest BCUT2D eigenvalue weighted by Crippen LogP contribution is 2.50. The molecule has 7 nitrogen and oxygen atoms in total. The van der Waals surface area contributed by atoms with E-state index in [1.807, 2.05) is 54.6 Å². The maximum atomic E-state index is 14.5. The number of aryl methyl sites for hydroxylation is 1. The van der Waals surface area contributed by atoms with Crippen molar-refractivity contribution < 1.29 is 23.8 Å². The molecule has 0 spiro atoms. The van der Waals surface area contributed by atoms with E-state index in [-0.39, 0.29) is 17.6 Å². The summed E-state index contributed by atoms with van der Waals surface area (Å²) in [7, 11) is 4.66. The number of carbonyl (C=O) groups is 2. The van der Waals surface area contributed by atoms with Gasteiger partial charge in [-0.2, -0.15) is 0 Å². The van der Waals surface area contributed by atoms with Crippen molar-refractivity contribution in [1.29, 1.82) is 0 Å². The second kappa shape index (κ2) is 11.7. The maximum Gasteiger partial charge on any atom is 0.259 e. The Morgan fingerprint density at radius 1 is 0.791 bits per heavy atom. The Hall–Kier alpha value is -5.04. The first kappa shape index (κ1) is 28.1. The average Bonchev–Trinajstić information content (AvgIpc) is 3.19. The Balaban J connectivity index is 1.61. The van der Waals surface area contributed by atoms with Gasteiger partial charge in [-0.25, -0.2) is 0 Å². The van der Waals surface area contributed by atoms with E-state index in [1.54, 1.807) is 38.4 Å². The van der Waals surface area contributed by atoms with Crippen LogP contribution >= 0.6 is 0 Å². The SMILES string of the molecule is COc1cc([C@H]2C3=C(C[C@@H](c4ccc(C)cc4)CC3=O)Nc3ccccc3N2C(=O)c2ccccc2)cc(OC)c1OC. The molecule has 2 aliphatic rings. The van der Waals surface area contributed by atoms with Crippen molar-refractivity contribution in [3.05, 3.63) is 125 Å². The molecule has 0 aromatic heterocycles. The van der Waals surface area contributed by atoms with Gasteiger partial charge in [0.15, 0.2) is 17.3 Å². The first-order valence-corrected chi connectivity index (χ1v) is 14.3. The van der Waals surface area contributed by atoms with Crippen LogP contribution in [0.4, 0.5) is 11.4 Å². The molecule has 218 valence electrons. The van der Waals surface area contributed by atoms with Gasteiger partial charge in [0.1, 0.15) is 0 Å². The first-order valence-electron chi connectivity index (χ1n) is 14.3. The van der Waals surface area contributed by atoms with Crippen LogP contribution in [0.3, 0.4) is 0 Å². The summed E-state index contributed by atoms with van der Waals surface area (Å²) in [4.78, 5) is 30.6. The lowest BCUT2D eigenvalue weighted by Crippen LogP contribution is -2.38. The fourth-order valence-electron chi connectivity index (χ4n) is 6.18. The highest BCUT2D eigenvalue weighted by atomic mass is 16.5. The van der Waals surface area contributed by atoms with Gasteiger partial charge in [-0.3, -0.25) is 14.5 Å². The zero-order valence-electron chi connectivity index (χ0n) is 24.7. The van der Waals surface area contributed by atoms with Gasteiger partial charge in [-0.15, -0.1) is 0 Å². The van der Waals surface area contributed by atoms with Crippen LogP contribution in [0.25, 0.3) is 0 Å². The van der Waals surface area contributed by atoms with Gasteiger partial charge in [0.2, 0.25) is 5.75 Å². The number of ketones is 1. The number of nitrogens with one attached hydrogen (secondary N) is 1. The summed E-state index contributed by atoms with van der Waals surface area (Å²) in [5.74, 6) is 1.08. The number of para-hydroxylation sites is 2. The highest BCUT2D eigenvalue weighted by molar-refractivity contribution is 6.12. The quantitative estimate of drug-likeness (QED) is 0.262. The van der Waals surface area contributed by atoms with Crippen LogP contribution in [0.1, 0.15) is 51.8 Å². The van der Waals surface area contributed by atoms with Gasteiger partial charge in [-0.05, 0) is 66.8 Å². The van der Waals surface area contributed by atoms with Gasteiger partial charge in [0, 0.05) is 23.3 Å². The van der Waals surface area contributed by atoms with E-state index in [0.717, 1.165) is 16.9 Å². The second-order valence-corrected chi connectivity index (χ2v) is 10.9. The molecule has 2 atom stereocenters. The molecule has 0 bridgehead atoms. The molecule has 1 amide bonds. The minimum absolute atomic E-state index is 0.00322. The molecule has 6 rings (SSSR count). The van der Waals surface area contributed by atoms with Crippen LogP contribution in [0.15, 0.2) is 102 Å². The van der Waals surface area contributed by atoms with E-state index in [2.05, 4.69) is 36.5 Å². The molecule has 0 saturated carbocycles. The molecule has 4 aromatic rings. The van der Waals surface area contributed by atoms with E-state index >= 15 is 0 Å². The molecular formula is C36H34N2O5. The van der Waals surface area contributed by atoms with E-state index < -0.39 is 6.04 Å². The van der Waals surface area contributed by atoms with Crippen LogP contribution in [0.2, 0.25) is 0 Å². The molecule has 4 aromatic carbocycles. The molecular weight excluding hydrogens is 540 g/mol. The lowest BCUT2D eigenvalue weighted by atomic mass is 9.78.